The van der Waals surface area contributed by atoms with Crippen LogP contribution in [0.2, 0.25) is 0 Å². The number of nitriles is 1. The second-order valence-electron chi connectivity index (χ2n) is 4.49. The zero-order chi connectivity index (χ0) is 14.5. The molecule has 0 saturated heterocycles. The van der Waals surface area contributed by atoms with Crippen LogP contribution in [0.15, 0.2) is 23.1 Å². The molecule has 0 aliphatic heterocycles. The minimum absolute atomic E-state index is 0.134. The van der Waals surface area contributed by atoms with Gasteiger partial charge in [-0.3, -0.25) is 0 Å². The van der Waals surface area contributed by atoms with Crippen LogP contribution in [0.3, 0.4) is 0 Å². The van der Waals surface area contributed by atoms with Crippen LogP contribution in [-0.4, -0.2) is 21.0 Å². The van der Waals surface area contributed by atoms with Gasteiger partial charge in [-0.15, -0.1) is 0 Å². The summed E-state index contributed by atoms with van der Waals surface area (Å²) in [7, 11) is -3.62. The number of hydrogen-bond donors (Lipinski definition) is 2. The van der Waals surface area contributed by atoms with E-state index in [1.165, 1.54) is 6.07 Å². The maximum absolute atomic E-state index is 12.2. The minimum atomic E-state index is -3.62. The van der Waals surface area contributed by atoms with Crippen molar-refractivity contribution in [3.63, 3.8) is 0 Å². The molecule has 0 fully saturated rings. The lowest BCUT2D eigenvalue weighted by atomic mass is 10.2. The van der Waals surface area contributed by atoms with Crippen molar-refractivity contribution in [2.24, 2.45) is 5.73 Å². The quantitative estimate of drug-likeness (QED) is 0.820. The summed E-state index contributed by atoms with van der Waals surface area (Å²) in [4.78, 5) is 0.134. The fourth-order valence-electron chi connectivity index (χ4n) is 1.73. The zero-order valence-electron chi connectivity index (χ0n) is 11.2. The molecular weight excluding hydrogens is 262 g/mol. The monoisotopic (exact) mass is 281 g/mol. The molecule has 0 heterocycles. The van der Waals surface area contributed by atoms with Gasteiger partial charge in [0.2, 0.25) is 10.0 Å². The minimum Gasteiger partial charge on any atom is -0.327 e. The van der Waals surface area contributed by atoms with Gasteiger partial charge in [0, 0.05) is 12.6 Å². The van der Waals surface area contributed by atoms with Crippen LogP contribution in [0.4, 0.5) is 0 Å². The Morgan fingerprint density at radius 2 is 2.16 bits per heavy atom. The summed E-state index contributed by atoms with van der Waals surface area (Å²) in [6.45, 7) is 3.89. The third-order valence-electron chi connectivity index (χ3n) is 2.80. The number of nitrogens with two attached hydrogens (primary N) is 1. The van der Waals surface area contributed by atoms with Crippen molar-refractivity contribution in [3.05, 3.63) is 29.3 Å². The Morgan fingerprint density at radius 3 is 2.74 bits per heavy atom. The Labute approximate surface area is 114 Å². The normalized spacial score (nSPS) is 12.9. The van der Waals surface area contributed by atoms with Crippen LogP contribution in [-0.2, 0) is 10.0 Å². The number of rotatable bonds is 6. The lowest BCUT2D eigenvalue weighted by Crippen LogP contribution is -2.37. The van der Waals surface area contributed by atoms with Gasteiger partial charge in [-0.25, -0.2) is 13.1 Å². The van der Waals surface area contributed by atoms with E-state index in [-0.39, 0.29) is 17.5 Å². The molecule has 1 atom stereocenters. The molecule has 0 spiro atoms. The van der Waals surface area contributed by atoms with Gasteiger partial charge in [0.15, 0.2) is 0 Å². The van der Waals surface area contributed by atoms with Gasteiger partial charge in [0.1, 0.15) is 0 Å². The van der Waals surface area contributed by atoms with Crippen molar-refractivity contribution in [2.45, 2.75) is 37.6 Å². The maximum atomic E-state index is 12.2. The Kier molecular flexibility index (Phi) is 5.48. The van der Waals surface area contributed by atoms with Gasteiger partial charge in [-0.2, -0.15) is 5.26 Å². The van der Waals surface area contributed by atoms with E-state index in [0.717, 1.165) is 12.8 Å². The second kappa shape index (κ2) is 6.66. The maximum Gasteiger partial charge on any atom is 0.240 e. The van der Waals surface area contributed by atoms with Crippen LogP contribution < -0.4 is 10.5 Å². The fraction of sp³-hybridized carbons (Fsp3) is 0.462. The van der Waals surface area contributed by atoms with E-state index in [1.807, 2.05) is 13.0 Å². The van der Waals surface area contributed by atoms with Crippen molar-refractivity contribution in [3.8, 4) is 6.07 Å². The van der Waals surface area contributed by atoms with E-state index in [0.29, 0.717) is 11.1 Å². The van der Waals surface area contributed by atoms with Crippen molar-refractivity contribution in [2.75, 3.05) is 6.54 Å². The number of sulfonamides is 1. The summed E-state index contributed by atoms with van der Waals surface area (Å²) >= 11 is 0. The number of nitrogens with one attached hydrogen (secondary N) is 1. The standard InChI is InChI=1S/C13H19N3O2S/c1-3-4-12(15)9-16-19(17,18)13-7-11(8-14)6-5-10(13)2/h5-7,12,16H,3-4,9,15H2,1-2H3. The second-order valence-corrected chi connectivity index (χ2v) is 6.23. The fourth-order valence-corrected chi connectivity index (χ4v) is 3.09. The first-order valence-corrected chi connectivity index (χ1v) is 7.65. The van der Waals surface area contributed by atoms with E-state index < -0.39 is 10.0 Å². The van der Waals surface area contributed by atoms with E-state index in [1.54, 1.807) is 19.1 Å². The van der Waals surface area contributed by atoms with Crippen molar-refractivity contribution >= 4 is 10.0 Å². The van der Waals surface area contributed by atoms with Crippen LogP contribution in [0.1, 0.15) is 30.9 Å². The number of aryl methyl sites for hydroxylation is 1. The molecule has 0 aromatic heterocycles. The Bertz CT molecular complexity index is 576. The highest BCUT2D eigenvalue weighted by Crippen LogP contribution is 2.16. The molecule has 1 aromatic rings. The summed E-state index contributed by atoms with van der Waals surface area (Å²) < 4.78 is 26.8. The number of hydrogen-bond acceptors (Lipinski definition) is 4. The molecule has 1 rings (SSSR count). The molecule has 0 aliphatic carbocycles. The Morgan fingerprint density at radius 1 is 1.47 bits per heavy atom. The van der Waals surface area contributed by atoms with Crippen molar-refractivity contribution in [1.29, 1.82) is 5.26 Å². The van der Waals surface area contributed by atoms with Crippen LogP contribution in [0.5, 0.6) is 0 Å². The molecule has 0 bridgehead atoms. The number of benzene rings is 1. The smallest absolute Gasteiger partial charge is 0.240 e. The number of nitrogens with zero attached hydrogens (tertiary/aromatic N) is 1. The lowest BCUT2D eigenvalue weighted by Gasteiger charge is -2.13. The third-order valence-corrected chi connectivity index (χ3v) is 4.37. The first kappa shape index (κ1) is 15.6. The summed E-state index contributed by atoms with van der Waals surface area (Å²) in [6.07, 6.45) is 1.67. The molecule has 19 heavy (non-hydrogen) atoms. The van der Waals surface area contributed by atoms with Crippen LogP contribution >= 0.6 is 0 Å². The molecule has 104 valence electrons. The van der Waals surface area contributed by atoms with Crippen LogP contribution in [0.25, 0.3) is 0 Å². The molecule has 6 heteroatoms. The molecule has 0 saturated carbocycles. The zero-order valence-corrected chi connectivity index (χ0v) is 12.0. The summed E-state index contributed by atoms with van der Waals surface area (Å²) in [5.41, 5.74) is 6.71. The van der Waals surface area contributed by atoms with Crippen molar-refractivity contribution in [1.82, 2.24) is 4.72 Å². The van der Waals surface area contributed by atoms with E-state index >= 15 is 0 Å². The van der Waals surface area contributed by atoms with Gasteiger partial charge in [0.05, 0.1) is 16.5 Å². The summed E-state index contributed by atoms with van der Waals surface area (Å²) in [5, 5.41) is 8.82. The highest BCUT2D eigenvalue weighted by atomic mass is 32.2. The van der Waals surface area contributed by atoms with E-state index in [4.69, 9.17) is 11.0 Å². The highest BCUT2D eigenvalue weighted by molar-refractivity contribution is 7.89. The molecule has 0 radical (unpaired) electrons. The molecule has 0 aliphatic rings. The lowest BCUT2D eigenvalue weighted by molar-refractivity contribution is 0.552. The molecule has 0 amide bonds. The predicted molar refractivity (Wildman–Crippen MR) is 74.0 cm³/mol. The summed E-state index contributed by atoms with van der Waals surface area (Å²) in [6, 6.07) is 6.34. The average Bonchev–Trinajstić information content (AvgIpc) is 2.37. The topological polar surface area (TPSA) is 96.0 Å². The van der Waals surface area contributed by atoms with E-state index in [2.05, 4.69) is 4.72 Å². The Hall–Kier alpha value is -1.42. The predicted octanol–water partition coefficient (Wildman–Crippen LogP) is 1.27. The molecule has 5 nitrogen and oxygen atoms in total. The average molecular weight is 281 g/mol. The largest absolute Gasteiger partial charge is 0.327 e. The molecule has 1 aromatic carbocycles. The van der Waals surface area contributed by atoms with Crippen LogP contribution in [0, 0.1) is 18.3 Å². The van der Waals surface area contributed by atoms with E-state index in [9.17, 15) is 8.42 Å². The highest BCUT2D eigenvalue weighted by Gasteiger charge is 2.18. The van der Waals surface area contributed by atoms with Gasteiger partial charge in [-0.05, 0) is 31.0 Å². The van der Waals surface area contributed by atoms with Gasteiger partial charge in [-0.1, -0.05) is 19.4 Å². The third kappa shape index (κ3) is 4.31. The summed E-state index contributed by atoms with van der Waals surface area (Å²) in [5.74, 6) is 0. The van der Waals surface area contributed by atoms with Gasteiger partial charge in [0.25, 0.3) is 0 Å². The van der Waals surface area contributed by atoms with Crippen molar-refractivity contribution < 1.29 is 8.42 Å². The first-order valence-electron chi connectivity index (χ1n) is 6.16. The SMILES string of the molecule is CCCC(N)CNS(=O)(=O)c1cc(C#N)ccc1C. The van der Waals surface area contributed by atoms with Gasteiger partial charge < -0.3 is 5.73 Å². The Balaban J connectivity index is 2.92. The molecular formula is C13H19N3O2S. The van der Waals surface area contributed by atoms with Gasteiger partial charge >= 0.3 is 0 Å². The molecule has 1 unspecified atom stereocenters. The first-order chi connectivity index (χ1) is 8.90. The molecule has 3 N–H and O–H groups in total.